The molecule has 0 bridgehead atoms. The van der Waals surface area contributed by atoms with Crippen LogP contribution in [0, 0.1) is 5.92 Å². The lowest BCUT2D eigenvalue weighted by Gasteiger charge is -2.29. The summed E-state index contributed by atoms with van der Waals surface area (Å²) in [6, 6.07) is 3.67. The first kappa shape index (κ1) is 15.7. The van der Waals surface area contributed by atoms with Gasteiger partial charge in [-0.2, -0.15) is 0 Å². The highest BCUT2D eigenvalue weighted by Gasteiger charge is 2.47. The number of carbonyl (C=O) groups is 1. The van der Waals surface area contributed by atoms with Crippen molar-refractivity contribution in [3.8, 4) is 0 Å². The molecule has 0 saturated carbocycles. The summed E-state index contributed by atoms with van der Waals surface area (Å²) in [4.78, 5) is 17.8. The van der Waals surface area contributed by atoms with Gasteiger partial charge in [-0.05, 0) is 32.4 Å². The van der Waals surface area contributed by atoms with Gasteiger partial charge in [0.2, 0.25) is 0 Å². The van der Waals surface area contributed by atoms with E-state index in [1.165, 1.54) is 0 Å². The van der Waals surface area contributed by atoms with Crippen molar-refractivity contribution in [1.29, 1.82) is 0 Å². The molecule has 6 nitrogen and oxygen atoms in total. The number of nitrogens with zero attached hydrogens (tertiary/aromatic N) is 2. The molecule has 1 amide bonds. The Morgan fingerprint density at radius 1 is 1.62 bits per heavy atom. The second-order valence-electron chi connectivity index (χ2n) is 6.52. The minimum absolute atomic E-state index is 0.0926. The van der Waals surface area contributed by atoms with Gasteiger partial charge in [-0.3, -0.25) is 4.98 Å². The number of pyridine rings is 1. The van der Waals surface area contributed by atoms with Crippen LogP contribution in [0.15, 0.2) is 24.5 Å². The summed E-state index contributed by atoms with van der Waals surface area (Å²) in [7, 11) is 0. The van der Waals surface area contributed by atoms with Crippen molar-refractivity contribution in [2.24, 2.45) is 11.7 Å². The molecule has 0 spiro atoms. The number of carbonyl (C=O) groups excluding carboxylic acids is 1. The van der Waals surface area contributed by atoms with Crippen LogP contribution in [0.25, 0.3) is 0 Å². The van der Waals surface area contributed by atoms with E-state index in [2.05, 4.69) is 4.98 Å². The van der Waals surface area contributed by atoms with Crippen molar-refractivity contribution in [1.82, 2.24) is 9.88 Å². The molecule has 0 aliphatic carbocycles. The van der Waals surface area contributed by atoms with Crippen LogP contribution in [-0.2, 0) is 10.3 Å². The molecule has 1 aliphatic heterocycles. The van der Waals surface area contributed by atoms with Crippen molar-refractivity contribution in [3.05, 3.63) is 30.1 Å². The highest BCUT2D eigenvalue weighted by molar-refractivity contribution is 5.69. The largest absolute Gasteiger partial charge is 0.444 e. The third-order valence-corrected chi connectivity index (χ3v) is 3.69. The number of rotatable bonds is 2. The van der Waals surface area contributed by atoms with Crippen LogP contribution in [0.2, 0.25) is 0 Å². The van der Waals surface area contributed by atoms with Gasteiger partial charge in [-0.1, -0.05) is 6.07 Å². The maximum Gasteiger partial charge on any atom is 0.410 e. The topological polar surface area (TPSA) is 88.7 Å². The minimum Gasteiger partial charge on any atom is -0.444 e. The molecule has 2 heterocycles. The van der Waals surface area contributed by atoms with Gasteiger partial charge in [-0.15, -0.1) is 0 Å². The Labute approximate surface area is 124 Å². The second kappa shape index (κ2) is 5.61. The van der Waals surface area contributed by atoms with Crippen molar-refractivity contribution in [2.75, 3.05) is 19.7 Å². The molecule has 1 aliphatic rings. The molecule has 21 heavy (non-hydrogen) atoms. The van der Waals surface area contributed by atoms with Crippen molar-refractivity contribution >= 4 is 6.09 Å². The number of nitrogens with two attached hydrogens (primary N) is 1. The van der Waals surface area contributed by atoms with Gasteiger partial charge in [0, 0.05) is 38.0 Å². The molecule has 2 atom stereocenters. The number of hydrogen-bond acceptors (Lipinski definition) is 5. The summed E-state index contributed by atoms with van der Waals surface area (Å²) in [5, 5.41) is 9.62. The van der Waals surface area contributed by atoms with E-state index in [9.17, 15) is 9.90 Å². The summed E-state index contributed by atoms with van der Waals surface area (Å²) in [6.45, 7) is 6.05. The van der Waals surface area contributed by atoms with Gasteiger partial charge < -0.3 is 20.5 Å². The smallest absolute Gasteiger partial charge is 0.410 e. The Kier molecular flexibility index (Phi) is 4.20. The van der Waals surface area contributed by atoms with E-state index in [0.29, 0.717) is 13.1 Å². The van der Waals surface area contributed by atoms with Gasteiger partial charge in [0.1, 0.15) is 5.60 Å². The van der Waals surface area contributed by atoms with E-state index < -0.39 is 17.2 Å². The van der Waals surface area contributed by atoms with Crippen LogP contribution in [0.3, 0.4) is 0 Å². The Hall–Kier alpha value is -1.66. The minimum atomic E-state index is -0.806. The van der Waals surface area contributed by atoms with Crippen LogP contribution in [0.4, 0.5) is 4.79 Å². The fourth-order valence-electron chi connectivity index (χ4n) is 2.59. The number of ether oxygens (including phenoxy) is 1. The third kappa shape index (κ3) is 3.33. The fourth-order valence-corrected chi connectivity index (χ4v) is 2.59. The molecule has 3 N–H and O–H groups in total. The Balaban J connectivity index is 2.20. The summed E-state index contributed by atoms with van der Waals surface area (Å²) in [5.41, 5.74) is 5.93. The van der Waals surface area contributed by atoms with Crippen LogP contribution in [0.5, 0.6) is 0 Å². The first-order valence-electron chi connectivity index (χ1n) is 7.04. The number of aliphatic hydroxyl groups excluding tert-OH is 1. The standard InChI is InChI=1S/C15H23N3O3/c1-14(2,3)21-13(20)18-8-12(9-19)15(16,10-18)11-5-4-6-17-7-11/h4-7,12,19H,8-10,16H2,1-3H3. The zero-order valence-corrected chi connectivity index (χ0v) is 12.7. The van der Waals surface area contributed by atoms with Gasteiger partial charge in [0.05, 0.1) is 5.54 Å². The van der Waals surface area contributed by atoms with Gasteiger partial charge in [-0.25, -0.2) is 4.79 Å². The van der Waals surface area contributed by atoms with Crippen LogP contribution < -0.4 is 5.73 Å². The zero-order valence-electron chi connectivity index (χ0n) is 12.7. The van der Waals surface area contributed by atoms with E-state index in [4.69, 9.17) is 10.5 Å². The van der Waals surface area contributed by atoms with E-state index in [-0.39, 0.29) is 12.5 Å². The summed E-state index contributed by atoms with van der Waals surface area (Å²) in [6.07, 6.45) is 2.94. The van der Waals surface area contributed by atoms with E-state index in [1.54, 1.807) is 23.4 Å². The van der Waals surface area contributed by atoms with Gasteiger partial charge in [0.25, 0.3) is 0 Å². The maximum atomic E-state index is 12.2. The second-order valence-corrected chi connectivity index (χ2v) is 6.52. The molecule has 0 radical (unpaired) electrons. The Morgan fingerprint density at radius 3 is 2.86 bits per heavy atom. The molecule has 1 fully saturated rings. The highest BCUT2D eigenvalue weighted by Crippen LogP contribution is 2.34. The number of likely N-dealkylation sites (tertiary alicyclic amines) is 1. The molecule has 2 rings (SSSR count). The number of hydrogen-bond donors (Lipinski definition) is 2. The van der Waals surface area contributed by atoms with Gasteiger partial charge in [0.15, 0.2) is 0 Å². The monoisotopic (exact) mass is 293 g/mol. The predicted octanol–water partition coefficient (Wildman–Crippen LogP) is 1.09. The average molecular weight is 293 g/mol. The lowest BCUT2D eigenvalue weighted by Crippen LogP contribution is -2.46. The first-order valence-corrected chi connectivity index (χ1v) is 7.04. The fraction of sp³-hybridized carbons (Fsp3) is 0.600. The van der Waals surface area contributed by atoms with Crippen molar-refractivity contribution in [3.63, 3.8) is 0 Å². The Morgan fingerprint density at radius 2 is 2.33 bits per heavy atom. The third-order valence-electron chi connectivity index (χ3n) is 3.69. The molecule has 6 heteroatoms. The predicted molar refractivity (Wildman–Crippen MR) is 78.5 cm³/mol. The maximum absolute atomic E-state index is 12.2. The van der Waals surface area contributed by atoms with Gasteiger partial charge >= 0.3 is 6.09 Å². The van der Waals surface area contributed by atoms with Crippen LogP contribution >= 0.6 is 0 Å². The summed E-state index contributed by atoms with van der Waals surface area (Å²) in [5.74, 6) is -0.241. The van der Waals surface area contributed by atoms with Crippen molar-refractivity contribution < 1.29 is 14.6 Å². The quantitative estimate of drug-likeness (QED) is 0.852. The Bertz CT molecular complexity index is 501. The number of amides is 1. The molecule has 1 aromatic rings. The normalized spacial score (nSPS) is 26.0. The van der Waals surface area contributed by atoms with E-state index in [0.717, 1.165) is 5.56 Å². The average Bonchev–Trinajstić information content (AvgIpc) is 2.76. The number of aliphatic hydroxyl groups is 1. The SMILES string of the molecule is CC(C)(C)OC(=O)N1CC(CO)C(N)(c2cccnc2)C1. The van der Waals surface area contributed by atoms with Crippen LogP contribution in [-0.4, -0.2) is 46.4 Å². The molecular weight excluding hydrogens is 270 g/mol. The molecule has 116 valence electrons. The first-order chi connectivity index (χ1) is 9.76. The lowest BCUT2D eigenvalue weighted by molar-refractivity contribution is 0.0279. The molecule has 1 aromatic heterocycles. The number of aromatic nitrogens is 1. The molecule has 0 aromatic carbocycles. The van der Waals surface area contributed by atoms with E-state index >= 15 is 0 Å². The molecule has 1 saturated heterocycles. The van der Waals surface area contributed by atoms with E-state index in [1.807, 2.05) is 26.8 Å². The highest BCUT2D eigenvalue weighted by atomic mass is 16.6. The summed E-state index contributed by atoms with van der Waals surface area (Å²) < 4.78 is 5.38. The zero-order chi connectivity index (χ0) is 15.7. The van der Waals surface area contributed by atoms with Crippen molar-refractivity contribution in [2.45, 2.75) is 31.9 Å². The summed E-state index contributed by atoms with van der Waals surface area (Å²) >= 11 is 0. The molecular formula is C15H23N3O3. The van der Waals surface area contributed by atoms with Crippen LogP contribution in [0.1, 0.15) is 26.3 Å². The molecule has 2 unspecified atom stereocenters. The lowest BCUT2D eigenvalue weighted by atomic mass is 9.83.